The number of guanidine groups is 1. The van der Waals surface area contributed by atoms with Gasteiger partial charge in [-0.3, -0.25) is 15.1 Å². The van der Waals surface area contributed by atoms with Crippen LogP contribution < -0.4 is 10.6 Å². The summed E-state index contributed by atoms with van der Waals surface area (Å²) in [7, 11) is 0. The number of aliphatic imine (C=N–C) groups is 1. The predicted octanol–water partition coefficient (Wildman–Crippen LogP) is 1.13. The number of nitrogens with zero attached hydrogens (tertiary/aromatic N) is 1. The lowest BCUT2D eigenvalue weighted by Gasteiger charge is -2.08. The van der Waals surface area contributed by atoms with E-state index in [4.69, 9.17) is 0 Å². The lowest BCUT2D eigenvalue weighted by molar-refractivity contribution is -0.120. The SMILES string of the molecule is CCN=C1NC(=O)C(c2cccc(C)c2)N1. The van der Waals surface area contributed by atoms with Crippen LogP contribution in [0.15, 0.2) is 29.3 Å². The van der Waals surface area contributed by atoms with Crippen LogP contribution in [-0.2, 0) is 4.79 Å². The molecule has 2 rings (SSSR count). The molecule has 1 heterocycles. The molecule has 2 N–H and O–H groups in total. The van der Waals surface area contributed by atoms with E-state index in [0.29, 0.717) is 12.5 Å². The zero-order valence-electron chi connectivity index (χ0n) is 9.45. The fourth-order valence-electron chi connectivity index (χ4n) is 1.75. The Bertz CT molecular complexity index is 440. The molecule has 0 saturated carbocycles. The van der Waals surface area contributed by atoms with E-state index in [9.17, 15) is 4.79 Å². The van der Waals surface area contributed by atoms with Gasteiger partial charge in [-0.25, -0.2) is 0 Å². The van der Waals surface area contributed by atoms with Gasteiger partial charge in [0.1, 0.15) is 6.04 Å². The second-order valence-electron chi connectivity index (χ2n) is 3.80. The fourth-order valence-corrected chi connectivity index (χ4v) is 1.75. The monoisotopic (exact) mass is 217 g/mol. The number of aryl methyl sites for hydroxylation is 1. The number of hydrogen-bond donors (Lipinski definition) is 2. The number of benzene rings is 1. The molecule has 1 aromatic rings. The van der Waals surface area contributed by atoms with Crippen molar-refractivity contribution in [1.29, 1.82) is 0 Å². The Hall–Kier alpha value is -1.84. The molecule has 0 spiro atoms. The third-order valence-electron chi connectivity index (χ3n) is 2.48. The van der Waals surface area contributed by atoms with Crippen molar-refractivity contribution in [3.05, 3.63) is 35.4 Å². The Morgan fingerprint density at radius 2 is 2.25 bits per heavy atom. The van der Waals surface area contributed by atoms with Crippen molar-refractivity contribution in [2.24, 2.45) is 4.99 Å². The van der Waals surface area contributed by atoms with Crippen molar-refractivity contribution in [3.63, 3.8) is 0 Å². The highest BCUT2D eigenvalue weighted by atomic mass is 16.2. The number of hydrogen-bond acceptors (Lipinski definition) is 2. The zero-order chi connectivity index (χ0) is 11.5. The van der Waals surface area contributed by atoms with Gasteiger partial charge in [0.2, 0.25) is 0 Å². The van der Waals surface area contributed by atoms with Crippen LogP contribution in [0.5, 0.6) is 0 Å². The average Bonchev–Trinajstić information content (AvgIpc) is 2.60. The van der Waals surface area contributed by atoms with E-state index >= 15 is 0 Å². The van der Waals surface area contributed by atoms with Gasteiger partial charge >= 0.3 is 0 Å². The van der Waals surface area contributed by atoms with Crippen LogP contribution >= 0.6 is 0 Å². The van der Waals surface area contributed by atoms with Crippen molar-refractivity contribution >= 4 is 11.9 Å². The second kappa shape index (κ2) is 4.35. The number of nitrogens with one attached hydrogen (secondary N) is 2. The molecule has 16 heavy (non-hydrogen) atoms. The van der Waals surface area contributed by atoms with Gasteiger partial charge in [0.05, 0.1) is 0 Å². The fraction of sp³-hybridized carbons (Fsp3) is 0.333. The molecule has 1 unspecified atom stereocenters. The summed E-state index contributed by atoms with van der Waals surface area (Å²) in [6, 6.07) is 7.60. The van der Waals surface area contributed by atoms with Gasteiger partial charge in [-0.15, -0.1) is 0 Å². The Morgan fingerprint density at radius 1 is 1.44 bits per heavy atom. The second-order valence-corrected chi connectivity index (χ2v) is 3.80. The molecule has 0 bridgehead atoms. The molecule has 1 atom stereocenters. The normalized spacial score (nSPS) is 22.0. The van der Waals surface area contributed by atoms with E-state index in [0.717, 1.165) is 11.1 Å². The topological polar surface area (TPSA) is 53.5 Å². The lowest BCUT2D eigenvalue weighted by atomic mass is 10.1. The number of carbonyl (C=O) groups excluding carboxylic acids is 1. The molecule has 1 aliphatic rings. The highest BCUT2D eigenvalue weighted by Crippen LogP contribution is 2.17. The van der Waals surface area contributed by atoms with Crippen molar-refractivity contribution < 1.29 is 4.79 Å². The first-order chi connectivity index (χ1) is 7.70. The number of amides is 1. The molecule has 0 aliphatic carbocycles. The first-order valence-electron chi connectivity index (χ1n) is 5.39. The van der Waals surface area contributed by atoms with E-state index in [1.54, 1.807) is 0 Å². The molecule has 0 radical (unpaired) electrons. The molecule has 0 aromatic heterocycles. The molecule has 1 saturated heterocycles. The van der Waals surface area contributed by atoms with Crippen LogP contribution in [0.4, 0.5) is 0 Å². The minimum atomic E-state index is -0.315. The van der Waals surface area contributed by atoms with E-state index in [2.05, 4.69) is 15.6 Å². The Balaban J connectivity index is 2.23. The highest BCUT2D eigenvalue weighted by Gasteiger charge is 2.29. The molecule has 1 amide bonds. The summed E-state index contributed by atoms with van der Waals surface area (Å²) in [4.78, 5) is 15.9. The van der Waals surface area contributed by atoms with Gasteiger partial charge in [0.15, 0.2) is 5.96 Å². The number of carbonyl (C=O) groups is 1. The van der Waals surface area contributed by atoms with Gasteiger partial charge in [0, 0.05) is 6.54 Å². The highest BCUT2D eigenvalue weighted by molar-refractivity contribution is 6.06. The quantitative estimate of drug-likeness (QED) is 0.780. The summed E-state index contributed by atoms with van der Waals surface area (Å²) >= 11 is 0. The summed E-state index contributed by atoms with van der Waals surface area (Å²) in [5.41, 5.74) is 2.12. The summed E-state index contributed by atoms with van der Waals surface area (Å²) in [6.45, 7) is 4.60. The van der Waals surface area contributed by atoms with E-state index in [-0.39, 0.29) is 11.9 Å². The van der Waals surface area contributed by atoms with E-state index in [1.807, 2.05) is 38.1 Å². The molecular formula is C12H15N3O. The summed E-state index contributed by atoms with van der Waals surface area (Å²) < 4.78 is 0. The molecule has 1 aliphatic heterocycles. The predicted molar refractivity (Wildman–Crippen MR) is 63.2 cm³/mol. The third-order valence-corrected chi connectivity index (χ3v) is 2.48. The van der Waals surface area contributed by atoms with Crippen molar-refractivity contribution in [3.8, 4) is 0 Å². The molecule has 1 aromatic carbocycles. The van der Waals surface area contributed by atoms with E-state index < -0.39 is 0 Å². The van der Waals surface area contributed by atoms with Gasteiger partial charge in [-0.2, -0.15) is 0 Å². The van der Waals surface area contributed by atoms with Crippen LogP contribution in [-0.4, -0.2) is 18.4 Å². The first-order valence-corrected chi connectivity index (χ1v) is 5.39. The largest absolute Gasteiger partial charge is 0.340 e. The van der Waals surface area contributed by atoms with Crippen LogP contribution in [0.1, 0.15) is 24.1 Å². The molecular weight excluding hydrogens is 202 g/mol. The van der Waals surface area contributed by atoms with Crippen LogP contribution in [0, 0.1) is 6.92 Å². The summed E-state index contributed by atoms with van der Waals surface area (Å²) in [5.74, 6) is 0.525. The van der Waals surface area contributed by atoms with Gasteiger partial charge in [-0.1, -0.05) is 29.8 Å². The third kappa shape index (κ3) is 2.05. The van der Waals surface area contributed by atoms with Crippen LogP contribution in [0.25, 0.3) is 0 Å². The Morgan fingerprint density at radius 3 is 2.94 bits per heavy atom. The zero-order valence-corrected chi connectivity index (χ0v) is 9.45. The maximum atomic E-state index is 11.7. The first kappa shape index (κ1) is 10.7. The minimum absolute atomic E-state index is 0.0437. The Kier molecular flexibility index (Phi) is 2.90. The summed E-state index contributed by atoms with van der Waals surface area (Å²) in [6.07, 6.45) is 0. The lowest BCUT2D eigenvalue weighted by Crippen LogP contribution is -2.25. The number of rotatable bonds is 2. The van der Waals surface area contributed by atoms with Gasteiger partial charge in [0.25, 0.3) is 5.91 Å². The van der Waals surface area contributed by atoms with Crippen LogP contribution in [0.2, 0.25) is 0 Å². The minimum Gasteiger partial charge on any atom is -0.340 e. The maximum Gasteiger partial charge on any atom is 0.253 e. The average molecular weight is 217 g/mol. The summed E-state index contributed by atoms with van der Waals surface area (Å²) in [5, 5.41) is 5.80. The van der Waals surface area contributed by atoms with Crippen LogP contribution in [0.3, 0.4) is 0 Å². The standard InChI is InChI=1S/C12H15N3O/c1-3-13-12-14-10(11(16)15-12)9-6-4-5-8(2)7-9/h4-7,10H,3H2,1-2H3,(H2,13,14,15,16). The molecule has 4 nitrogen and oxygen atoms in total. The van der Waals surface area contributed by atoms with Crippen molar-refractivity contribution in [2.75, 3.05) is 6.54 Å². The van der Waals surface area contributed by atoms with Crippen molar-refractivity contribution in [1.82, 2.24) is 10.6 Å². The molecule has 4 heteroatoms. The van der Waals surface area contributed by atoms with Crippen molar-refractivity contribution in [2.45, 2.75) is 19.9 Å². The molecule has 84 valence electrons. The van der Waals surface area contributed by atoms with Gasteiger partial charge in [-0.05, 0) is 19.4 Å². The van der Waals surface area contributed by atoms with Gasteiger partial charge < -0.3 is 5.32 Å². The molecule has 1 fully saturated rings. The smallest absolute Gasteiger partial charge is 0.253 e. The Labute approximate surface area is 94.8 Å². The van der Waals surface area contributed by atoms with E-state index in [1.165, 1.54) is 0 Å². The maximum absolute atomic E-state index is 11.7.